The standard InChI is InChI=1S/C18H21FN2O/c1-21(2)17(15-6-4-3-5-7-15)13-20-18(22)12-14-8-10-16(19)11-9-14/h3-11,17H,12-13H2,1-2H3,(H,20,22). The van der Waals surface area contributed by atoms with Crippen LogP contribution >= 0.6 is 0 Å². The zero-order valence-corrected chi connectivity index (χ0v) is 12.9. The van der Waals surface area contributed by atoms with Gasteiger partial charge in [-0.1, -0.05) is 42.5 Å². The van der Waals surface area contributed by atoms with Crippen LogP contribution in [0.25, 0.3) is 0 Å². The van der Waals surface area contributed by atoms with Crippen LogP contribution in [-0.4, -0.2) is 31.4 Å². The first-order valence-electron chi connectivity index (χ1n) is 7.29. The maximum atomic E-state index is 12.8. The maximum Gasteiger partial charge on any atom is 0.224 e. The predicted octanol–water partition coefficient (Wildman–Crippen LogP) is 2.79. The van der Waals surface area contributed by atoms with Gasteiger partial charge in [0, 0.05) is 6.54 Å². The lowest BCUT2D eigenvalue weighted by Crippen LogP contribution is -2.35. The second kappa shape index (κ2) is 7.71. The zero-order valence-electron chi connectivity index (χ0n) is 12.9. The molecule has 3 nitrogen and oxygen atoms in total. The summed E-state index contributed by atoms with van der Waals surface area (Å²) in [6.45, 7) is 0.539. The second-order valence-corrected chi connectivity index (χ2v) is 5.50. The van der Waals surface area contributed by atoms with Crippen molar-refractivity contribution in [3.05, 3.63) is 71.5 Å². The summed E-state index contributed by atoms with van der Waals surface area (Å²) in [5, 5.41) is 2.95. The van der Waals surface area contributed by atoms with Crippen molar-refractivity contribution in [3.8, 4) is 0 Å². The topological polar surface area (TPSA) is 32.3 Å². The first-order chi connectivity index (χ1) is 10.6. The number of nitrogens with one attached hydrogen (secondary N) is 1. The van der Waals surface area contributed by atoms with Gasteiger partial charge >= 0.3 is 0 Å². The smallest absolute Gasteiger partial charge is 0.224 e. The van der Waals surface area contributed by atoms with Crippen LogP contribution in [0.15, 0.2) is 54.6 Å². The highest BCUT2D eigenvalue weighted by atomic mass is 19.1. The molecule has 0 aliphatic carbocycles. The van der Waals surface area contributed by atoms with E-state index in [1.807, 2.05) is 32.3 Å². The molecular formula is C18H21FN2O. The van der Waals surface area contributed by atoms with E-state index in [2.05, 4.69) is 22.3 Å². The highest BCUT2D eigenvalue weighted by molar-refractivity contribution is 5.78. The summed E-state index contributed by atoms with van der Waals surface area (Å²) < 4.78 is 12.8. The van der Waals surface area contributed by atoms with Crippen LogP contribution < -0.4 is 5.32 Å². The molecule has 0 bridgehead atoms. The predicted molar refractivity (Wildman–Crippen MR) is 86.0 cm³/mol. The molecule has 1 N–H and O–H groups in total. The fourth-order valence-corrected chi connectivity index (χ4v) is 2.33. The Bertz CT molecular complexity index is 596. The molecule has 0 heterocycles. The van der Waals surface area contributed by atoms with Crippen LogP contribution in [0.5, 0.6) is 0 Å². The molecule has 0 aliphatic heterocycles. The molecule has 0 radical (unpaired) electrons. The summed E-state index contributed by atoms with van der Waals surface area (Å²) in [4.78, 5) is 14.1. The Morgan fingerprint density at radius 2 is 1.73 bits per heavy atom. The van der Waals surface area contributed by atoms with Crippen molar-refractivity contribution < 1.29 is 9.18 Å². The minimum absolute atomic E-state index is 0.0608. The van der Waals surface area contributed by atoms with Crippen molar-refractivity contribution in [1.82, 2.24) is 10.2 Å². The van der Waals surface area contributed by atoms with Crippen molar-refractivity contribution in [2.75, 3.05) is 20.6 Å². The van der Waals surface area contributed by atoms with Gasteiger partial charge in [-0.15, -0.1) is 0 Å². The van der Waals surface area contributed by atoms with Gasteiger partial charge in [0.1, 0.15) is 5.82 Å². The monoisotopic (exact) mass is 300 g/mol. The number of carbonyl (C=O) groups is 1. The summed E-state index contributed by atoms with van der Waals surface area (Å²) in [6, 6.07) is 16.2. The molecule has 2 aromatic rings. The molecule has 4 heteroatoms. The summed E-state index contributed by atoms with van der Waals surface area (Å²) in [7, 11) is 3.98. The van der Waals surface area contributed by atoms with Crippen molar-refractivity contribution in [1.29, 1.82) is 0 Å². The van der Waals surface area contributed by atoms with Gasteiger partial charge in [-0.3, -0.25) is 4.79 Å². The molecule has 1 unspecified atom stereocenters. The van der Waals surface area contributed by atoms with Crippen LogP contribution in [0.2, 0.25) is 0 Å². The quantitative estimate of drug-likeness (QED) is 0.889. The first kappa shape index (κ1) is 16.2. The Morgan fingerprint density at radius 1 is 1.09 bits per heavy atom. The number of nitrogens with zero attached hydrogens (tertiary/aromatic N) is 1. The Morgan fingerprint density at radius 3 is 2.32 bits per heavy atom. The number of benzene rings is 2. The molecule has 0 spiro atoms. The lowest BCUT2D eigenvalue weighted by atomic mass is 10.1. The largest absolute Gasteiger partial charge is 0.354 e. The van der Waals surface area contributed by atoms with Crippen LogP contribution in [-0.2, 0) is 11.2 Å². The van der Waals surface area contributed by atoms with Gasteiger partial charge in [0.15, 0.2) is 0 Å². The Balaban J connectivity index is 1.92. The highest BCUT2D eigenvalue weighted by Gasteiger charge is 2.15. The molecule has 22 heavy (non-hydrogen) atoms. The van der Waals surface area contributed by atoms with Gasteiger partial charge in [-0.2, -0.15) is 0 Å². The van der Waals surface area contributed by atoms with E-state index in [-0.39, 0.29) is 24.2 Å². The number of hydrogen-bond acceptors (Lipinski definition) is 2. The zero-order chi connectivity index (χ0) is 15.9. The van der Waals surface area contributed by atoms with Gasteiger partial charge in [0.2, 0.25) is 5.91 Å². The van der Waals surface area contributed by atoms with E-state index >= 15 is 0 Å². The van der Waals surface area contributed by atoms with E-state index in [9.17, 15) is 9.18 Å². The van der Waals surface area contributed by atoms with Gasteiger partial charge in [0.25, 0.3) is 0 Å². The fraction of sp³-hybridized carbons (Fsp3) is 0.278. The molecule has 0 saturated heterocycles. The number of likely N-dealkylation sites (N-methyl/N-ethyl adjacent to an activating group) is 1. The highest BCUT2D eigenvalue weighted by Crippen LogP contribution is 2.16. The third-order valence-electron chi connectivity index (χ3n) is 3.58. The normalized spacial score (nSPS) is 12.2. The third kappa shape index (κ3) is 4.67. The molecule has 2 aromatic carbocycles. The van der Waals surface area contributed by atoms with E-state index in [1.165, 1.54) is 12.1 Å². The van der Waals surface area contributed by atoms with E-state index < -0.39 is 0 Å². The Labute approximate surface area is 130 Å². The molecule has 2 rings (SSSR count). The summed E-state index contributed by atoms with van der Waals surface area (Å²) in [6.07, 6.45) is 0.259. The first-order valence-corrected chi connectivity index (χ1v) is 7.29. The van der Waals surface area contributed by atoms with E-state index in [1.54, 1.807) is 12.1 Å². The number of carbonyl (C=O) groups excluding carboxylic acids is 1. The van der Waals surface area contributed by atoms with Crippen molar-refractivity contribution in [2.24, 2.45) is 0 Å². The number of rotatable bonds is 6. The van der Waals surface area contributed by atoms with Crippen LogP contribution in [0.3, 0.4) is 0 Å². The minimum atomic E-state index is -0.291. The molecule has 116 valence electrons. The average molecular weight is 300 g/mol. The van der Waals surface area contributed by atoms with E-state index in [0.717, 1.165) is 11.1 Å². The van der Waals surface area contributed by atoms with Crippen LogP contribution in [0.1, 0.15) is 17.2 Å². The van der Waals surface area contributed by atoms with Gasteiger partial charge in [0.05, 0.1) is 12.5 Å². The number of hydrogen-bond donors (Lipinski definition) is 1. The molecule has 1 amide bonds. The second-order valence-electron chi connectivity index (χ2n) is 5.50. The van der Waals surface area contributed by atoms with Crippen molar-refractivity contribution in [3.63, 3.8) is 0 Å². The molecule has 0 aliphatic rings. The summed E-state index contributed by atoms with van der Waals surface area (Å²) in [5.41, 5.74) is 1.97. The number of amides is 1. The van der Waals surface area contributed by atoms with Crippen LogP contribution in [0.4, 0.5) is 4.39 Å². The third-order valence-corrected chi connectivity index (χ3v) is 3.58. The molecule has 0 aromatic heterocycles. The van der Waals surface area contributed by atoms with E-state index in [4.69, 9.17) is 0 Å². The Hall–Kier alpha value is -2.20. The lowest BCUT2D eigenvalue weighted by molar-refractivity contribution is -0.120. The van der Waals surface area contributed by atoms with Gasteiger partial charge in [-0.25, -0.2) is 4.39 Å². The Kier molecular flexibility index (Phi) is 5.67. The maximum absolute atomic E-state index is 12.8. The number of halogens is 1. The van der Waals surface area contributed by atoms with Gasteiger partial charge in [-0.05, 0) is 37.4 Å². The fourth-order valence-electron chi connectivity index (χ4n) is 2.33. The van der Waals surface area contributed by atoms with Gasteiger partial charge < -0.3 is 10.2 Å². The van der Waals surface area contributed by atoms with E-state index in [0.29, 0.717) is 6.54 Å². The molecule has 0 fully saturated rings. The molecule has 0 saturated carbocycles. The summed E-state index contributed by atoms with van der Waals surface area (Å²) in [5.74, 6) is -0.352. The van der Waals surface area contributed by atoms with Crippen molar-refractivity contribution in [2.45, 2.75) is 12.5 Å². The SMILES string of the molecule is CN(C)C(CNC(=O)Cc1ccc(F)cc1)c1ccccc1. The molecular weight excluding hydrogens is 279 g/mol. The van der Waals surface area contributed by atoms with Crippen molar-refractivity contribution >= 4 is 5.91 Å². The summed E-state index contributed by atoms with van der Waals surface area (Å²) >= 11 is 0. The molecule has 1 atom stereocenters. The van der Waals surface area contributed by atoms with Crippen LogP contribution in [0, 0.1) is 5.82 Å². The lowest BCUT2D eigenvalue weighted by Gasteiger charge is -2.25. The average Bonchev–Trinajstić information content (AvgIpc) is 2.50. The minimum Gasteiger partial charge on any atom is -0.354 e.